The molecule has 0 aliphatic heterocycles. The lowest BCUT2D eigenvalue weighted by Crippen LogP contribution is -2.45. The van der Waals surface area contributed by atoms with Gasteiger partial charge in [0.25, 0.3) is 0 Å². The second-order valence-corrected chi connectivity index (χ2v) is 5.53. The number of benzene rings is 1. The summed E-state index contributed by atoms with van der Waals surface area (Å²) in [5, 5.41) is 12.8. The van der Waals surface area contributed by atoms with Gasteiger partial charge in [0.05, 0.1) is 6.07 Å². The Kier molecular flexibility index (Phi) is 4.44. The van der Waals surface area contributed by atoms with Crippen molar-refractivity contribution in [2.24, 2.45) is 0 Å². The van der Waals surface area contributed by atoms with E-state index in [1.54, 1.807) is 0 Å². The average molecular weight is 257 g/mol. The summed E-state index contributed by atoms with van der Waals surface area (Å²) < 4.78 is 0. The summed E-state index contributed by atoms with van der Waals surface area (Å²) in [7, 11) is 0. The molecule has 102 valence electrons. The molecule has 0 radical (unpaired) electrons. The second-order valence-electron chi connectivity index (χ2n) is 5.53. The van der Waals surface area contributed by atoms with Gasteiger partial charge in [0.2, 0.25) is 0 Å². The number of anilines is 1. The molecule has 1 unspecified atom stereocenters. The third-order valence-electron chi connectivity index (χ3n) is 3.73. The van der Waals surface area contributed by atoms with Crippen LogP contribution in [0.2, 0.25) is 0 Å². The van der Waals surface area contributed by atoms with Crippen LogP contribution in [-0.4, -0.2) is 24.7 Å². The maximum absolute atomic E-state index is 9.39. The zero-order chi connectivity index (χ0) is 13.7. The highest BCUT2D eigenvalue weighted by atomic mass is 15.1. The van der Waals surface area contributed by atoms with Crippen molar-refractivity contribution in [3.63, 3.8) is 0 Å². The van der Waals surface area contributed by atoms with Gasteiger partial charge >= 0.3 is 0 Å². The van der Waals surface area contributed by atoms with Crippen LogP contribution in [0.3, 0.4) is 0 Å². The van der Waals surface area contributed by atoms with Crippen LogP contribution in [0.5, 0.6) is 0 Å². The van der Waals surface area contributed by atoms with Gasteiger partial charge in [-0.25, -0.2) is 0 Å². The summed E-state index contributed by atoms with van der Waals surface area (Å²) in [6, 6.07) is 13.4. The predicted molar refractivity (Wildman–Crippen MR) is 79.1 cm³/mol. The van der Waals surface area contributed by atoms with E-state index >= 15 is 0 Å². The second kappa shape index (κ2) is 6.08. The third kappa shape index (κ3) is 3.97. The molecule has 3 nitrogen and oxygen atoms in total. The lowest BCUT2D eigenvalue weighted by molar-refractivity contribution is 0.415. The predicted octanol–water partition coefficient (Wildman–Crippen LogP) is 2.94. The molecule has 1 aliphatic rings. The van der Waals surface area contributed by atoms with Crippen LogP contribution in [0.1, 0.15) is 33.1 Å². The minimum atomic E-state index is -0.399. The topological polar surface area (TPSA) is 39.1 Å². The number of hydrogen-bond acceptors (Lipinski definition) is 3. The molecule has 1 fully saturated rings. The van der Waals surface area contributed by atoms with Gasteiger partial charge < -0.3 is 4.90 Å². The van der Waals surface area contributed by atoms with Crippen LogP contribution in [0.25, 0.3) is 0 Å². The minimum absolute atomic E-state index is 0.399. The van der Waals surface area contributed by atoms with Gasteiger partial charge in [0.15, 0.2) is 0 Å². The zero-order valence-corrected chi connectivity index (χ0v) is 11.9. The van der Waals surface area contributed by atoms with Gasteiger partial charge in [-0.1, -0.05) is 18.2 Å². The Hall–Kier alpha value is -1.53. The molecule has 0 aromatic heterocycles. The molecule has 0 amide bonds. The van der Waals surface area contributed by atoms with E-state index in [0.29, 0.717) is 6.04 Å². The molecule has 1 aliphatic carbocycles. The van der Waals surface area contributed by atoms with E-state index in [1.807, 2.05) is 13.0 Å². The van der Waals surface area contributed by atoms with E-state index in [4.69, 9.17) is 0 Å². The number of nitrogens with zero attached hydrogens (tertiary/aromatic N) is 2. The van der Waals surface area contributed by atoms with E-state index < -0.39 is 5.54 Å². The molecule has 0 saturated heterocycles. The molecular weight excluding hydrogens is 234 g/mol. The lowest BCUT2D eigenvalue weighted by Gasteiger charge is -2.29. The molecule has 1 saturated carbocycles. The number of para-hydroxylation sites is 1. The van der Waals surface area contributed by atoms with E-state index in [1.165, 1.54) is 18.5 Å². The van der Waals surface area contributed by atoms with Crippen LogP contribution in [0.4, 0.5) is 5.69 Å². The highest BCUT2D eigenvalue weighted by Gasteiger charge is 2.32. The van der Waals surface area contributed by atoms with E-state index in [9.17, 15) is 5.26 Å². The standard InChI is InChI=1S/C16H23N3/c1-3-19(15-7-5-4-6-8-15)12-11-16(2,13-17)18-14-9-10-14/h4-8,14,18H,3,9-12H2,1-2H3. The lowest BCUT2D eigenvalue weighted by atomic mass is 9.99. The first-order valence-electron chi connectivity index (χ1n) is 7.16. The smallest absolute Gasteiger partial charge is 0.105 e. The Labute approximate surface area is 116 Å². The Balaban J connectivity index is 1.93. The Bertz CT molecular complexity index is 433. The van der Waals surface area contributed by atoms with Crippen molar-refractivity contribution in [3.8, 4) is 6.07 Å². The van der Waals surface area contributed by atoms with Gasteiger partial charge in [-0.05, 0) is 45.2 Å². The number of nitrogens with one attached hydrogen (secondary N) is 1. The van der Waals surface area contributed by atoms with Crippen molar-refractivity contribution < 1.29 is 0 Å². The monoisotopic (exact) mass is 257 g/mol. The Morgan fingerprint density at radius 1 is 1.37 bits per heavy atom. The molecule has 0 spiro atoms. The first-order chi connectivity index (χ1) is 9.17. The summed E-state index contributed by atoms with van der Waals surface area (Å²) >= 11 is 0. The van der Waals surface area contributed by atoms with Crippen molar-refractivity contribution in [1.29, 1.82) is 5.26 Å². The zero-order valence-electron chi connectivity index (χ0n) is 11.9. The molecule has 3 heteroatoms. The summed E-state index contributed by atoms with van der Waals surface area (Å²) in [6.45, 7) is 6.05. The van der Waals surface area contributed by atoms with E-state index in [2.05, 4.69) is 47.5 Å². The first-order valence-corrected chi connectivity index (χ1v) is 7.16. The Morgan fingerprint density at radius 3 is 2.58 bits per heavy atom. The fourth-order valence-corrected chi connectivity index (χ4v) is 2.31. The molecule has 19 heavy (non-hydrogen) atoms. The molecule has 1 atom stereocenters. The highest BCUT2D eigenvalue weighted by molar-refractivity contribution is 5.45. The third-order valence-corrected chi connectivity index (χ3v) is 3.73. The van der Waals surface area contributed by atoms with Crippen molar-refractivity contribution >= 4 is 5.69 Å². The van der Waals surface area contributed by atoms with Crippen molar-refractivity contribution in [3.05, 3.63) is 30.3 Å². The molecule has 0 bridgehead atoms. The van der Waals surface area contributed by atoms with Gasteiger partial charge in [-0.3, -0.25) is 5.32 Å². The summed E-state index contributed by atoms with van der Waals surface area (Å²) in [5.74, 6) is 0. The fourth-order valence-electron chi connectivity index (χ4n) is 2.31. The molecule has 1 aromatic carbocycles. The van der Waals surface area contributed by atoms with E-state index in [0.717, 1.165) is 19.5 Å². The minimum Gasteiger partial charge on any atom is -0.372 e. The van der Waals surface area contributed by atoms with Crippen LogP contribution in [-0.2, 0) is 0 Å². The van der Waals surface area contributed by atoms with Crippen LogP contribution in [0.15, 0.2) is 30.3 Å². The van der Waals surface area contributed by atoms with Crippen molar-refractivity contribution in [2.75, 3.05) is 18.0 Å². The summed E-state index contributed by atoms with van der Waals surface area (Å²) in [4.78, 5) is 2.32. The van der Waals surface area contributed by atoms with Crippen LogP contribution >= 0.6 is 0 Å². The average Bonchev–Trinajstić information content (AvgIpc) is 3.24. The highest BCUT2D eigenvalue weighted by Crippen LogP contribution is 2.24. The number of rotatable bonds is 7. The van der Waals surface area contributed by atoms with Crippen molar-refractivity contribution in [1.82, 2.24) is 5.32 Å². The van der Waals surface area contributed by atoms with Crippen molar-refractivity contribution in [2.45, 2.75) is 44.7 Å². The fraction of sp³-hybridized carbons (Fsp3) is 0.562. The largest absolute Gasteiger partial charge is 0.372 e. The molecular formula is C16H23N3. The Morgan fingerprint density at radius 2 is 2.05 bits per heavy atom. The first kappa shape index (κ1) is 13.9. The maximum Gasteiger partial charge on any atom is 0.105 e. The van der Waals surface area contributed by atoms with Gasteiger partial charge in [-0.15, -0.1) is 0 Å². The molecule has 2 rings (SSSR count). The maximum atomic E-state index is 9.39. The normalized spacial score (nSPS) is 17.5. The quantitative estimate of drug-likeness (QED) is 0.816. The molecule has 0 heterocycles. The molecule has 1 N–H and O–H groups in total. The molecule has 1 aromatic rings. The SMILES string of the molecule is CCN(CCC(C)(C#N)NC1CC1)c1ccccc1. The number of nitriles is 1. The summed E-state index contributed by atoms with van der Waals surface area (Å²) in [5.41, 5.74) is 0.834. The van der Waals surface area contributed by atoms with Gasteiger partial charge in [-0.2, -0.15) is 5.26 Å². The number of hydrogen-bond donors (Lipinski definition) is 1. The van der Waals surface area contributed by atoms with E-state index in [-0.39, 0.29) is 0 Å². The van der Waals surface area contributed by atoms with Gasteiger partial charge in [0, 0.05) is 24.8 Å². The van der Waals surface area contributed by atoms with Crippen LogP contribution < -0.4 is 10.2 Å². The summed E-state index contributed by atoms with van der Waals surface area (Å²) in [6.07, 6.45) is 3.28. The van der Waals surface area contributed by atoms with Gasteiger partial charge in [0.1, 0.15) is 5.54 Å². The van der Waals surface area contributed by atoms with Crippen LogP contribution in [0, 0.1) is 11.3 Å².